The Balaban J connectivity index is 1.89. The Morgan fingerprint density at radius 1 is 1.12 bits per heavy atom. The normalized spacial score (nSPS) is 10.7. The first-order chi connectivity index (χ1) is 8.29. The molecular formula is C14H18N2O. The molecule has 2 rings (SSSR count). The highest BCUT2D eigenvalue weighted by atomic mass is 16.3. The number of aliphatic hydroxyl groups is 1. The molecule has 0 spiro atoms. The number of aromatic nitrogens is 1. The Morgan fingerprint density at radius 2 is 1.88 bits per heavy atom. The van der Waals surface area contributed by atoms with Crippen molar-refractivity contribution >= 4 is 0 Å². The van der Waals surface area contributed by atoms with E-state index in [-0.39, 0.29) is 6.61 Å². The van der Waals surface area contributed by atoms with Crippen molar-refractivity contribution in [3.8, 4) is 0 Å². The molecule has 1 heterocycles. The van der Waals surface area contributed by atoms with Crippen molar-refractivity contribution in [3.63, 3.8) is 0 Å². The Labute approximate surface area is 102 Å². The molecular weight excluding hydrogens is 212 g/mol. The predicted molar refractivity (Wildman–Crippen MR) is 68.3 cm³/mol. The Morgan fingerprint density at radius 3 is 2.53 bits per heavy atom. The monoisotopic (exact) mass is 230 g/mol. The van der Waals surface area contributed by atoms with E-state index >= 15 is 0 Å². The summed E-state index contributed by atoms with van der Waals surface area (Å²) in [5.41, 5.74) is 3.42. The molecule has 2 aromatic rings. The molecule has 3 nitrogen and oxygen atoms in total. The molecule has 0 atom stereocenters. The first-order valence-electron chi connectivity index (χ1n) is 5.79. The molecule has 0 saturated carbocycles. The van der Waals surface area contributed by atoms with Crippen LogP contribution in [0, 0.1) is 0 Å². The summed E-state index contributed by atoms with van der Waals surface area (Å²) < 4.78 is 2.04. The van der Waals surface area contributed by atoms with Crippen LogP contribution in [-0.4, -0.2) is 9.67 Å². The van der Waals surface area contributed by atoms with Crippen molar-refractivity contribution in [1.82, 2.24) is 9.88 Å². The van der Waals surface area contributed by atoms with Gasteiger partial charge >= 0.3 is 0 Å². The maximum Gasteiger partial charge on any atom is 0.0685 e. The molecule has 0 bridgehead atoms. The summed E-state index contributed by atoms with van der Waals surface area (Å²) in [5, 5.41) is 12.6. The number of nitrogens with zero attached hydrogens (tertiary/aromatic N) is 1. The molecule has 0 aliphatic carbocycles. The lowest BCUT2D eigenvalue weighted by Gasteiger charge is -2.08. The standard InChI is InChI=1S/C14H18N2O/c1-16-7-6-12(10-16)8-15-9-13-4-2-3-5-14(13)11-17/h2-7,10,15,17H,8-9,11H2,1H3. The van der Waals surface area contributed by atoms with Crippen molar-refractivity contribution in [2.75, 3.05) is 0 Å². The van der Waals surface area contributed by atoms with Gasteiger partial charge in [-0.25, -0.2) is 0 Å². The highest BCUT2D eigenvalue weighted by Crippen LogP contribution is 2.08. The van der Waals surface area contributed by atoms with Crippen LogP contribution in [0.5, 0.6) is 0 Å². The van der Waals surface area contributed by atoms with E-state index in [1.54, 1.807) is 0 Å². The largest absolute Gasteiger partial charge is 0.392 e. The summed E-state index contributed by atoms with van der Waals surface area (Å²) in [5.74, 6) is 0. The second-order valence-corrected chi connectivity index (χ2v) is 4.22. The van der Waals surface area contributed by atoms with Gasteiger partial charge in [0.25, 0.3) is 0 Å². The lowest BCUT2D eigenvalue weighted by Crippen LogP contribution is -2.13. The molecule has 0 saturated heterocycles. The van der Waals surface area contributed by atoms with Crippen LogP contribution in [0.15, 0.2) is 42.7 Å². The minimum atomic E-state index is 0.100. The quantitative estimate of drug-likeness (QED) is 0.822. The van der Waals surface area contributed by atoms with E-state index in [2.05, 4.69) is 17.6 Å². The molecule has 1 aromatic carbocycles. The van der Waals surface area contributed by atoms with E-state index in [0.29, 0.717) is 0 Å². The summed E-state index contributed by atoms with van der Waals surface area (Å²) in [6.07, 6.45) is 4.14. The minimum Gasteiger partial charge on any atom is -0.392 e. The maximum atomic E-state index is 9.21. The molecule has 0 unspecified atom stereocenters. The molecule has 2 N–H and O–H groups in total. The third kappa shape index (κ3) is 3.19. The van der Waals surface area contributed by atoms with Gasteiger partial charge in [-0.3, -0.25) is 0 Å². The number of hydrogen-bond acceptors (Lipinski definition) is 2. The van der Waals surface area contributed by atoms with Crippen LogP contribution < -0.4 is 5.32 Å². The number of benzene rings is 1. The van der Waals surface area contributed by atoms with Crippen molar-refractivity contribution < 1.29 is 5.11 Å². The smallest absolute Gasteiger partial charge is 0.0685 e. The summed E-state index contributed by atoms with van der Waals surface area (Å²) in [4.78, 5) is 0. The van der Waals surface area contributed by atoms with E-state index < -0.39 is 0 Å². The fourth-order valence-corrected chi connectivity index (χ4v) is 1.89. The Kier molecular flexibility index (Phi) is 3.96. The van der Waals surface area contributed by atoms with Crippen molar-refractivity contribution in [2.45, 2.75) is 19.7 Å². The van der Waals surface area contributed by atoms with Crippen LogP contribution in [0.1, 0.15) is 16.7 Å². The number of hydrogen-bond donors (Lipinski definition) is 2. The minimum absolute atomic E-state index is 0.100. The van der Waals surface area contributed by atoms with Gasteiger partial charge in [-0.2, -0.15) is 0 Å². The maximum absolute atomic E-state index is 9.21. The third-order valence-electron chi connectivity index (χ3n) is 2.83. The number of aryl methyl sites for hydroxylation is 1. The second-order valence-electron chi connectivity index (χ2n) is 4.22. The van der Waals surface area contributed by atoms with Gasteiger partial charge in [-0.15, -0.1) is 0 Å². The molecule has 17 heavy (non-hydrogen) atoms. The average molecular weight is 230 g/mol. The van der Waals surface area contributed by atoms with Crippen LogP contribution in [0.25, 0.3) is 0 Å². The fraction of sp³-hybridized carbons (Fsp3) is 0.286. The van der Waals surface area contributed by atoms with Crippen LogP contribution >= 0.6 is 0 Å². The molecule has 0 fully saturated rings. The van der Waals surface area contributed by atoms with Gasteiger partial charge in [0, 0.05) is 32.5 Å². The molecule has 0 radical (unpaired) electrons. The van der Waals surface area contributed by atoms with Gasteiger partial charge in [0.1, 0.15) is 0 Å². The lowest BCUT2D eigenvalue weighted by molar-refractivity contribution is 0.280. The zero-order valence-electron chi connectivity index (χ0n) is 10.1. The molecule has 0 aliphatic rings. The molecule has 0 amide bonds. The summed E-state index contributed by atoms with van der Waals surface area (Å²) in [6, 6.07) is 10.1. The second kappa shape index (κ2) is 5.66. The van der Waals surface area contributed by atoms with Crippen LogP contribution in [0.4, 0.5) is 0 Å². The van der Waals surface area contributed by atoms with Gasteiger partial charge in [0.05, 0.1) is 6.61 Å². The summed E-state index contributed by atoms with van der Waals surface area (Å²) >= 11 is 0. The van der Waals surface area contributed by atoms with Crippen LogP contribution in [-0.2, 0) is 26.7 Å². The van der Waals surface area contributed by atoms with Gasteiger partial charge < -0.3 is 15.0 Å². The summed E-state index contributed by atoms with van der Waals surface area (Å²) in [6.45, 7) is 1.73. The van der Waals surface area contributed by atoms with E-state index in [4.69, 9.17) is 0 Å². The number of aliphatic hydroxyl groups excluding tert-OH is 1. The third-order valence-corrected chi connectivity index (χ3v) is 2.83. The highest BCUT2D eigenvalue weighted by molar-refractivity contribution is 5.26. The van der Waals surface area contributed by atoms with Gasteiger partial charge in [-0.05, 0) is 22.8 Å². The summed E-state index contributed by atoms with van der Waals surface area (Å²) in [7, 11) is 2.02. The fourth-order valence-electron chi connectivity index (χ4n) is 1.89. The van der Waals surface area contributed by atoms with Crippen LogP contribution in [0.3, 0.4) is 0 Å². The number of nitrogens with one attached hydrogen (secondary N) is 1. The zero-order chi connectivity index (χ0) is 12.1. The SMILES string of the molecule is Cn1ccc(CNCc2ccccc2CO)c1. The molecule has 1 aromatic heterocycles. The van der Waals surface area contributed by atoms with E-state index in [0.717, 1.165) is 24.2 Å². The van der Waals surface area contributed by atoms with E-state index in [9.17, 15) is 5.11 Å². The lowest BCUT2D eigenvalue weighted by atomic mass is 10.1. The molecule has 0 aliphatic heterocycles. The molecule has 90 valence electrons. The van der Waals surface area contributed by atoms with Gasteiger partial charge in [0.15, 0.2) is 0 Å². The highest BCUT2D eigenvalue weighted by Gasteiger charge is 2.00. The average Bonchev–Trinajstić information content (AvgIpc) is 2.76. The topological polar surface area (TPSA) is 37.2 Å². The molecule has 3 heteroatoms. The van der Waals surface area contributed by atoms with E-state index in [1.165, 1.54) is 5.56 Å². The first-order valence-corrected chi connectivity index (χ1v) is 5.79. The van der Waals surface area contributed by atoms with Gasteiger partial charge in [0.2, 0.25) is 0 Å². The van der Waals surface area contributed by atoms with E-state index in [1.807, 2.05) is 42.1 Å². The number of rotatable bonds is 5. The first kappa shape index (κ1) is 11.9. The zero-order valence-corrected chi connectivity index (χ0v) is 10.1. The Hall–Kier alpha value is -1.58. The van der Waals surface area contributed by atoms with Crippen molar-refractivity contribution in [2.24, 2.45) is 7.05 Å². The Bertz CT molecular complexity index is 477. The van der Waals surface area contributed by atoms with Crippen molar-refractivity contribution in [3.05, 3.63) is 59.4 Å². The van der Waals surface area contributed by atoms with Gasteiger partial charge in [-0.1, -0.05) is 24.3 Å². The van der Waals surface area contributed by atoms with Crippen molar-refractivity contribution in [1.29, 1.82) is 0 Å². The predicted octanol–water partition coefficient (Wildman–Crippen LogP) is 1.81. The van der Waals surface area contributed by atoms with Crippen LogP contribution in [0.2, 0.25) is 0 Å².